The van der Waals surface area contributed by atoms with E-state index in [0.29, 0.717) is 16.1 Å². The molecular formula is C14H16N2O4S. The Hall–Kier alpha value is -2.15. The van der Waals surface area contributed by atoms with Crippen molar-refractivity contribution in [3.05, 3.63) is 39.2 Å². The van der Waals surface area contributed by atoms with E-state index in [1.54, 1.807) is 13.0 Å². The van der Waals surface area contributed by atoms with E-state index in [1.807, 2.05) is 13.8 Å². The van der Waals surface area contributed by atoms with Crippen molar-refractivity contribution in [2.24, 2.45) is 0 Å². The molecule has 0 aliphatic heterocycles. The van der Waals surface area contributed by atoms with Gasteiger partial charge in [0.15, 0.2) is 6.39 Å². The van der Waals surface area contributed by atoms with Crippen LogP contribution < -0.4 is 5.32 Å². The van der Waals surface area contributed by atoms with Crippen LogP contribution in [-0.2, 0) is 6.54 Å². The van der Waals surface area contributed by atoms with E-state index in [4.69, 9.17) is 9.52 Å². The number of carbonyl (C=O) groups is 2. The minimum Gasteiger partial charge on any atom is -0.477 e. The second-order valence-electron chi connectivity index (χ2n) is 4.93. The summed E-state index contributed by atoms with van der Waals surface area (Å²) in [5, 5.41) is 11.7. The largest absolute Gasteiger partial charge is 0.477 e. The first-order chi connectivity index (χ1) is 9.90. The fourth-order valence-electron chi connectivity index (χ4n) is 1.94. The fourth-order valence-corrected chi connectivity index (χ4v) is 2.87. The van der Waals surface area contributed by atoms with Gasteiger partial charge in [0.2, 0.25) is 0 Å². The third-order valence-corrected chi connectivity index (χ3v) is 4.17. The quantitative estimate of drug-likeness (QED) is 0.886. The van der Waals surface area contributed by atoms with Crippen LogP contribution in [0.15, 0.2) is 16.9 Å². The van der Waals surface area contributed by atoms with E-state index < -0.39 is 5.97 Å². The molecule has 0 radical (unpaired) electrons. The second-order valence-corrected chi connectivity index (χ2v) is 5.98. The number of amides is 1. The number of aromatic carboxylic acids is 1. The second kappa shape index (κ2) is 6.09. The van der Waals surface area contributed by atoms with Crippen LogP contribution in [0.25, 0.3) is 0 Å². The van der Waals surface area contributed by atoms with Gasteiger partial charge in [0, 0.05) is 5.92 Å². The molecule has 0 atom stereocenters. The summed E-state index contributed by atoms with van der Waals surface area (Å²) in [7, 11) is 0. The van der Waals surface area contributed by atoms with E-state index in [9.17, 15) is 9.59 Å². The lowest BCUT2D eigenvalue weighted by molar-refractivity contribution is 0.0701. The molecule has 2 aromatic heterocycles. The van der Waals surface area contributed by atoms with Gasteiger partial charge in [-0.3, -0.25) is 4.79 Å². The Balaban J connectivity index is 2.07. The standard InChI is InChI=1S/C14H16N2O4S/c1-7(2)11-9(16-6-20-11)5-15-13(17)10-4-8(3)12(21-10)14(18)19/h4,6-7H,5H2,1-3H3,(H,15,17)(H,18,19). The normalized spacial score (nSPS) is 10.9. The average Bonchev–Trinajstić information content (AvgIpc) is 3.01. The van der Waals surface area contributed by atoms with Crippen molar-refractivity contribution in [1.82, 2.24) is 10.3 Å². The van der Waals surface area contributed by atoms with Gasteiger partial charge in [-0.15, -0.1) is 11.3 Å². The molecule has 2 aromatic rings. The van der Waals surface area contributed by atoms with Crippen molar-refractivity contribution < 1.29 is 19.1 Å². The van der Waals surface area contributed by atoms with Gasteiger partial charge < -0.3 is 14.8 Å². The summed E-state index contributed by atoms with van der Waals surface area (Å²) >= 11 is 0.968. The molecule has 21 heavy (non-hydrogen) atoms. The number of nitrogens with zero attached hydrogens (tertiary/aromatic N) is 1. The first-order valence-electron chi connectivity index (χ1n) is 6.44. The SMILES string of the molecule is Cc1cc(C(=O)NCc2ncoc2C(C)C)sc1C(=O)O. The molecule has 0 aliphatic rings. The Kier molecular flexibility index (Phi) is 4.42. The molecule has 6 nitrogen and oxygen atoms in total. The molecule has 0 spiro atoms. The maximum atomic E-state index is 12.1. The van der Waals surface area contributed by atoms with Gasteiger partial charge in [-0.2, -0.15) is 0 Å². The molecule has 1 amide bonds. The number of rotatable bonds is 5. The van der Waals surface area contributed by atoms with Crippen LogP contribution in [-0.4, -0.2) is 22.0 Å². The number of carbonyl (C=O) groups excluding carboxylic acids is 1. The maximum absolute atomic E-state index is 12.1. The first kappa shape index (κ1) is 15.2. The molecule has 0 bridgehead atoms. The van der Waals surface area contributed by atoms with Crippen LogP contribution in [0.4, 0.5) is 0 Å². The minimum atomic E-state index is -1.02. The summed E-state index contributed by atoms with van der Waals surface area (Å²) in [5.74, 6) is -0.408. The highest BCUT2D eigenvalue weighted by molar-refractivity contribution is 7.16. The van der Waals surface area contributed by atoms with E-state index >= 15 is 0 Å². The van der Waals surface area contributed by atoms with E-state index in [0.717, 1.165) is 17.1 Å². The Morgan fingerprint density at radius 3 is 2.76 bits per heavy atom. The van der Waals surface area contributed by atoms with Gasteiger partial charge >= 0.3 is 5.97 Å². The zero-order chi connectivity index (χ0) is 15.6. The number of thiophene rings is 1. The first-order valence-corrected chi connectivity index (χ1v) is 7.26. The lowest BCUT2D eigenvalue weighted by Gasteiger charge is -2.05. The molecule has 112 valence electrons. The van der Waals surface area contributed by atoms with Gasteiger partial charge in [-0.05, 0) is 18.6 Å². The number of hydrogen-bond acceptors (Lipinski definition) is 5. The van der Waals surface area contributed by atoms with Crippen LogP contribution in [0.1, 0.15) is 56.1 Å². The zero-order valence-electron chi connectivity index (χ0n) is 12.0. The third kappa shape index (κ3) is 3.30. The third-order valence-electron chi connectivity index (χ3n) is 2.95. The monoisotopic (exact) mass is 308 g/mol. The number of nitrogens with one attached hydrogen (secondary N) is 1. The Morgan fingerprint density at radius 1 is 1.48 bits per heavy atom. The number of carboxylic acid groups (broad SMARTS) is 1. The Labute approximate surface area is 125 Å². The molecule has 7 heteroatoms. The van der Waals surface area contributed by atoms with E-state index in [-0.39, 0.29) is 23.2 Å². The average molecular weight is 308 g/mol. The van der Waals surface area contributed by atoms with Crippen molar-refractivity contribution in [1.29, 1.82) is 0 Å². The molecule has 0 saturated heterocycles. The predicted octanol–water partition coefficient (Wildman–Crippen LogP) is 2.80. The van der Waals surface area contributed by atoms with Crippen molar-refractivity contribution in [2.45, 2.75) is 33.2 Å². The molecule has 0 fully saturated rings. The van der Waals surface area contributed by atoms with Crippen LogP contribution in [0.5, 0.6) is 0 Å². The van der Waals surface area contributed by atoms with Crippen molar-refractivity contribution >= 4 is 23.2 Å². The molecule has 2 heterocycles. The molecule has 2 N–H and O–H groups in total. The van der Waals surface area contributed by atoms with Crippen LogP contribution >= 0.6 is 11.3 Å². The number of carboxylic acids is 1. The van der Waals surface area contributed by atoms with Crippen LogP contribution in [0, 0.1) is 6.92 Å². The van der Waals surface area contributed by atoms with Gasteiger partial charge in [-0.1, -0.05) is 13.8 Å². The van der Waals surface area contributed by atoms with Crippen molar-refractivity contribution in [3.8, 4) is 0 Å². The lowest BCUT2D eigenvalue weighted by atomic mass is 10.1. The summed E-state index contributed by atoms with van der Waals surface area (Å²) in [6.07, 6.45) is 1.36. The summed E-state index contributed by atoms with van der Waals surface area (Å²) in [5.41, 5.74) is 1.27. The van der Waals surface area contributed by atoms with Gasteiger partial charge in [-0.25, -0.2) is 9.78 Å². The number of aromatic nitrogens is 1. The highest BCUT2D eigenvalue weighted by Crippen LogP contribution is 2.22. The van der Waals surface area contributed by atoms with Crippen molar-refractivity contribution in [3.63, 3.8) is 0 Å². The van der Waals surface area contributed by atoms with E-state index in [1.165, 1.54) is 6.39 Å². The molecular weight excluding hydrogens is 292 g/mol. The Morgan fingerprint density at radius 2 is 2.19 bits per heavy atom. The highest BCUT2D eigenvalue weighted by atomic mass is 32.1. The number of oxazole rings is 1. The lowest BCUT2D eigenvalue weighted by Crippen LogP contribution is -2.22. The fraction of sp³-hybridized carbons (Fsp3) is 0.357. The summed E-state index contributed by atoms with van der Waals surface area (Å²) in [6.45, 7) is 5.88. The topological polar surface area (TPSA) is 92.4 Å². The number of aryl methyl sites for hydroxylation is 1. The molecule has 0 saturated carbocycles. The van der Waals surface area contributed by atoms with Gasteiger partial charge in [0.1, 0.15) is 16.3 Å². The molecule has 2 rings (SSSR count). The highest BCUT2D eigenvalue weighted by Gasteiger charge is 2.18. The summed E-state index contributed by atoms with van der Waals surface area (Å²) < 4.78 is 5.28. The predicted molar refractivity (Wildman–Crippen MR) is 77.8 cm³/mol. The summed E-state index contributed by atoms with van der Waals surface area (Å²) in [4.78, 5) is 27.7. The molecule has 0 aromatic carbocycles. The van der Waals surface area contributed by atoms with E-state index in [2.05, 4.69) is 10.3 Å². The van der Waals surface area contributed by atoms with Gasteiger partial charge in [0.25, 0.3) is 5.91 Å². The molecule has 0 aliphatic carbocycles. The maximum Gasteiger partial charge on any atom is 0.346 e. The zero-order valence-corrected chi connectivity index (χ0v) is 12.8. The number of hydrogen-bond donors (Lipinski definition) is 2. The van der Waals surface area contributed by atoms with Crippen LogP contribution in [0.3, 0.4) is 0 Å². The summed E-state index contributed by atoms with van der Waals surface area (Å²) in [6, 6.07) is 1.58. The smallest absolute Gasteiger partial charge is 0.346 e. The minimum absolute atomic E-state index is 0.182. The van der Waals surface area contributed by atoms with Crippen LogP contribution in [0.2, 0.25) is 0 Å². The van der Waals surface area contributed by atoms with Gasteiger partial charge in [0.05, 0.1) is 11.4 Å². The molecule has 0 unspecified atom stereocenters. The Bertz CT molecular complexity index is 672. The van der Waals surface area contributed by atoms with Crippen molar-refractivity contribution in [2.75, 3.05) is 0 Å².